The largest absolute Gasteiger partial charge is 0.508 e. The van der Waals surface area contributed by atoms with Gasteiger partial charge in [0, 0.05) is 60.8 Å². The van der Waals surface area contributed by atoms with Crippen molar-refractivity contribution in [3.05, 3.63) is 47.7 Å². The number of pyridine rings is 1. The van der Waals surface area contributed by atoms with Crippen LogP contribution in [0.3, 0.4) is 0 Å². The summed E-state index contributed by atoms with van der Waals surface area (Å²) in [6.45, 7) is 2.02. The number of piperazine rings is 1. The Morgan fingerprint density at radius 1 is 1.07 bits per heavy atom. The molecular weight excluding hydrogens is 593 g/mol. The summed E-state index contributed by atoms with van der Waals surface area (Å²) >= 11 is 0. The number of hydrogen-bond acceptors (Lipinski definition) is 8. The number of hydrogen-bond donors (Lipinski definition) is 2. The van der Waals surface area contributed by atoms with Crippen molar-refractivity contribution in [3.8, 4) is 35.4 Å². The molecule has 9 rings (SSSR count). The second kappa shape index (κ2) is 9.93. The van der Waals surface area contributed by atoms with Crippen LogP contribution in [-0.2, 0) is 0 Å². The molecule has 2 aromatic carbocycles. The van der Waals surface area contributed by atoms with Crippen molar-refractivity contribution in [2.24, 2.45) is 0 Å². The normalized spacial score (nSPS) is 27.9. The van der Waals surface area contributed by atoms with Gasteiger partial charge in [0.15, 0.2) is 5.82 Å². The first-order valence-electron chi connectivity index (χ1n) is 16.1. The van der Waals surface area contributed by atoms with Gasteiger partial charge in [0.05, 0.1) is 16.5 Å². The summed E-state index contributed by atoms with van der Waals surface area (Å²) in [5.74, 6) is 1.38. The van der Waals surface area contributed by atoms with Crippen LogP contribution < -0.4 is 15.0 Å². The first kappa shape index (κ1) is 28.1. The van der Waals surface area contributed by atoms with Gasteiger partial charge < -0.3 is 20.1 Å². The molecule has 236 valence electrons. The number of nitrogens with zero attached hydrogens (tertiary/aromatic N) is 5. The molecule has 5 fully saturated rings. The second-order valence-electron chi connectivity index (χ2n) is 13.9. The minimum absolute atomic E-state index is 0.000245. The van der Waals surface area contributed by atoms with E-state index in [1.54, 1.807) is 0 Å². The van der Waals surface area contributed by atoms with E-state index in [2.05, 4.69) is 31.0 Å². The quantitative estimate of drug-likeness (QED) is 0.291. The minimum atomic E-state index is -0.910. The Labute approximate surface area is 264 Å². The molecule has 4 aliphatic heterocycles. The minimum Gasteiger partial charge on any atom is -0.508 e. The Kier molecular flexibility index (Phi) is 6.07. The van der Waals surface area contributed by atoms with Crippen LogP contribution in [0.2, 0.25) is 0 Å². The molecule has 0 radical (unpaired) electrons. The number of phenolic OH excluding ortho intramolecular Hbond substituents is 1. The van der Waals surface area contributed by atoms with Gasteiger partial charge in [-0.05, 0) is 62.1 Å². The lowest BCUT2D eigenvalue weighted by Gasteiger charge is -2.35. The molecule has 2 bridgehead atoms. The molecule has 1 aliphatic carbocycles. The van der Waals surface area contributed by atoms with Crippen LogP contribution in [0.1, 0.15) is 50.5 Å². The smallest absolute Gasteiger partial charge is 0.319 e. The Bertz CT molecular complexity index is 1970. The summed E-state index contributed by atoms with van der Waals surface area (Å²) in [7, 11) is 0. The number of nitrogens with one attached hydrogen (secondary N) is 1. The number of phenols is 1. The predicted octanol–water partition coefficient (Wildman–Crippen LogP) is 5.24. The molecule has 8 nitrogen and oxygen atoms in total. The summed E-state index contributed by atoms with van der Waals surface area (Å²) in [6, 6.07) is 6.10. The highest BCUT2D eigenvalue weighted by Crippen LogP contribution is 2.59. The Morgan fingerprint density at radius 2 is 1.85 bits per heavy atom. The number of anilines is 1. The zero-order chi connectivity index (χ0) is 31.4. The van der Waals surface area contributed by atoms with Crippen molar-refractivity contribution in [3.63, 3.8) is 0 Å². The molecule has 2 N–H and O–H groups in total. The van der Waals surface area contributed by atoms with Crippen LogP contribution in [0.15, 0.2) is 30.5 Å². The zero-order valence-electron chi connectivity index (χ0n) is 25.2. The molecule has 2 aromatic heterocycles. The maximum absolute atomic E-state index is 16.8. The number of aromatic hydroxyl groups is 1. The maximum atomic E-state index is 16.8. The van der Waals surface area contributed by atoms with Gasteiger partial charge in [0.1, 0.15) is 41.4 Å². The zero-order valence-corrected chi connectivity index (χ0v) is 25.2. The highest BCUT2D eigenvalue weighted by molar-refractivity contribution is 6.03. The fourth-order valence-electron chi connectivity index (χ4n) is 8.82. The van der Waals surface area contributed by atoms with Gasteiger partial charge in [-0.1, -0.05) is 12.0 Å². The fraction of sp³-hybridized carbons (Fsp3) is 0.457. The van der Waals surface area contributed by atoms with Crippen molar-refractivity contribution < 1.29 is 23.0 Å². The van der Waals surface area contributed by atoms with Crippen LogP contribution in [0.4, 0.5) is 19.0 Å². The number of aromatic nitrogens is 3. The molecule has 4 aromatic rings. The molecule has 1 saturated carbocycles. The van der Waals surface area contributed by atoms with Crippen LogP contribution in [0, 0.1) is 24.0 Å². The Balaban J connectivity index is 1.18. The van der Waals surface area contributed by atoms with Crippen molar-refractivity contribution in [1.29, 1.82) is 0 Å². The van der Waals surface area contributed by atoms with Crippen molar-refractivity contribution in [2.75, 3.05) is 31.1 Å². The van der Waals surface area contributed by atoms with E-state index in [-0.39, 0.29) is 51.6 Å². The third kappa shape index (κ3) is 4.19. The van der Waals surface area contributed by atoms with E-state index in [4.69, 9.17) is 16.1 Å². The van der Waals surface area contributed by atoms with Crippen LogP contribution in [-0.4, -0.2) is 80.5 Å². The van der Waals surface area contributed by atoms with Crippen molar-refractivity contribution in [2.45, 2.75) is 74.3 Å². The molecule has 0 amide bonds. The van der Waals surface area contributed by atoms with Crippen molar-refractivity contribution in [1.82, 2.24) is 25.2 Å². The summed E-state index contributed by atoms with van der Waals surface area (Å²) < 4.78 is 52.8. The van der Waals surface area contributed by atoms with Gasteiger partial charge in [-0.2, -0.15) is 9.97 Å². The lowest BCUT2D eigenvalue weighted by Crippen LogP contribution is -2.51. The average molecular weight is 627 g/mol. The summed E-state index contributed by atoms with van der Waals surface area (Å²) in [5.41, 5.74) is -0.360. The molecule has 5 aliphatic rings. The number of ether oxygens (including phenoxy) is 1. The van der Waals surface area contributed by atoms with Gasteiger partial charge in [-0.15, -0.1) is 6.42 Å². The van der Waals surface area contributed by atoms with Crippen molar-refractivity contribution >= 4 is 27.5 Å². The predicted molar refractivity (Wildman–Crippen MR) is 168 cm³/mol. The third-order valence-corrected chi connectivity index (χ3v) is 11.1. The number of halogens is 3. The molecule has 0 unspecified atom stereocenters. The molecule has 4 atom stereocenters. The molecule has 4 saturated heterocycles. The van der Waals surface area contributed by atoms with Crippen LogP contribution >= 0.6 is 0 Å². The molecule has 11 heteroatoms. The molecule has 6 heterocycles. The van der Waals surface area contributed by atoms with E-state index in [0.717, 1.165) is 38.5 Å². The summed E-state index contributed by atoms with van der Waals surface area (Å²) in [4.78, 5) is 18.4. The van der Waals surface area contributed by atoms with Crippen LogP contribution in [0.25, 0.3) is 32.9 Å². The summed E-state index contributed by atoms with van der Waals surface area (Å²) in [6.07, 6.45) is 12.8. The third-order valence-electron chi connectivity index (χ3n) is 11.1. The van der Waals surface area contributed by atoms with E-state index in [0.29, 0.717) is 54.7 Å². The number of rotatable bonds is 5. The SMILES string of the molecule is C#Cc1c(F)ccc2cc(O)cc(-c3ncc4c(N5C[C@H]6CC[C@@H](C5)N6)nc(OC[C@]56CCC7(CC7)N5C[C@@H](F)C6)nc4c3F)c12. The lowest BCUT2D eigenvalue weighted by molar-refractivity contribution is 0.0773. The number of alkyl halides is 1. The highest BCUT2D eigenvalue weighted by Gasteiger charge is 2.64. The monoisotopic (exact) mass is 626 g/mol. The average Bonchev–Trinajstić information content (AvgIpc) is 3.55. The van der Waals surface area contributed by atoms with Gasteiger partial charge in [-0.3, -0.25) is 9.88 Å². The van der Waals surface area contributed by atoms with E-state index < -0.39 is 23.3 Å². The van der Waals surface area contributed by atoms with E-state index in [1.807, 2.05) is 0 Å². The van der Waals surface area contributed by atoms with Gasteiger partial charge >= 0.3 is 6.01 Å². The topological polar surface area (TPSA) is 86.6 Å². The second-order valence-corrected chi connectivity index (χ2v) is 13.9. The standard InChI is InChI=1S/C35H33F3N6O2/c1-2-24-27(37)6-3-19-11-23(45)12-25(28(19)24)30-29(38)31-26(14-39-30)32(43-16-21-4-5-22(17-43)40-21)42-33(41-31)46-18-35-10-9-34(7-8-34)44(35)15-20(36)13-35/h1,3,6,11-12,14,20-22,40,45H,4-5,7-10,13,15-18H2/t20-,21-,22+,35+/m0/s1. The number of terminal acetylenes is 1. The molecule has 46 heavy (non-hydrogen) atoms. The molecule has 1 spiro atoms. The fourth-order valence-corrected chi connectivity index (χ4v) is 8.82. The van der Waals surface area contributed by atoms with Gasteiger partial charge in [-0.25, -0.2) is 13.2 Å². The Hall–Kier alpha value is -4.14. The first-order valence-corrected chi connectivity index (χ1v) is 16.1. The molecular formula is C35H33F3N6O2. The Morgan fingerprint density at radius 3 is 2.61 bits per heavy atom. The van der Waals surface area contributed by atoms with E-state index in [1.165, 1.54) is 30.5 Å². The van der Waals surface area contributed by atoms with Crippen LogP contribution in [0.5, 0.6) is 11.8 Å². The number of benzene rings is 2. The highest BCUT2D eigenvalue weighted by atomic mass is 19.1. The van der Waals surface area contributed by atoms with E-state index >= 15 is 4.39 Å². The van der Waals surface area contributed by atoms with Gasteiger partial charge in [0.2, 0.25) is 0 Å². The maximum Gasteiger partial charge on any atom is 0.319 e. The summed E-state index contributed by atoms with van der Waals surface area (Å²) in [5, 5.41) is 15.3. The van der Waals surface area contributed by atoms with E-state index in [9.17, 15) is 13.9 Å². The van der Waals surface area contributed by atoms with Gasteiger partial charge in [0.25, 0.3) is 0 Å². The number of fused-ring (bicyclic) bond motifs is 6. The first-order chi connectivity index (χ1) is 22.3. The lowest BCUT2D eigenvalue weighted by atomic mass is 9.94.